The lowest BCUT2D eigenvalue weighted by atomic mass is 10.3. The Hall–Kier alpha value is -1.48. The van der Waals surface area contributed by atoms with E-state index >= 15 is 0 Å². The standard InChI is InChI=1S/C10H18N5O12P3/c11-10-13-8-7(9(17)14-10)12-4-15(8)5-25-6(3-16)1-2-28(18,19)26-30(23,24)27-29(20,21)22/h4,6,16H,1-3,5H2,(H,18,19)(H,23,24)(H2,20,21,22)(H3,11,13,14,17)/t6-/m0/s1. The number of nitrogens with one attached hydrogen (secondary N) is 1. The van der Waals surface area contributed by atoms with Gasteiger partial charge < -0.3 is 35.2 Å². The van der Waals surface area contributed by atoms with Crippen LogP contribution in [0.2, 0.25) is 0 Å². The van der Waals surface area contributed by atoms with Gasteiger partial charge in [-0.2, -0.15) is 9.29 Å². The van der Waals surface area contributed by atoms with Crippen molar-refractivity contribution in [2.75, 3.05) is 18.5 Å². The zero-order valence-corrected chi connectivity index (χ0v) is 17.5. The molecule has 0 amide bonds. The molecule has 170 valence electrons. The molecule has 0 saturated heterocycles. The maximum Gasteiger partial charge on any atom is 0.488 e. The van der Waals surface area contributed by atoms with E-state index in [-0.39, 0.29) is 30.3 Å². The molecule has 0 aliphatic heterocycles. The highest BCUT2D eigenvalue weighted by molar-refractivity contribution is 7.68. The van der Waals surface area contributed by atoms with Gasteiger partial charge >= 0.3 is 23.2 Å². The minimum Gasteiger partial charge on any atom is -0.394 e. The third kappa shape index (κ3) is 7.34. The van der Waals surface area contributed by atoms with Crippen LogP contribution in [0.15, 0.2) is 11.1 Å². The monoisotopic (exact) mass is 493 g/mol. The van der Waals surface area contributed by atoms with Gasteiger partial charge in [-0.05, 0) is 6.42 Å². The lowest BCUT2D eigenvalue weighted by Gasteiger charge is -2.19. The molecule has 20 heteroatoms. The zero-order chi connectivity index (χ0) is 22.7. The first-order valence-corrected chi connectivity index (χ1v) is 12.6. The molecule has 0 saturated carbocycles. The molecule has 2 aromatic rings. The summed E-state index contributed by atoms with van der Waals surface area (Å²) >= 11 is 0. The summed E-state index contributed by atoms with van der Waals surface area (Å²) in [5, 5.41) is 9.35. The van der Waals surface area contributed by atoms with Gasteiger partial charge in [0.1, 0.15) is 6.73 Å². The van der Waals surface area contributed by atoms with Gasteiger partial charge in [-0.15, -0.1) is 0 Å². The van der Waals surface area contributed by atoms with Crippen LogP contribution in [0.25, 0.3) is 11.2 Å². The van der Waals surface area contributed by atoms with Gasteiger partial charge in [0.05, 0.1) is 25.2 Å². The number of ether oxygens (including phenoxy) is 1. The minimum atomic E-state index is -5.54. The van der Waals surface area contributed by atoms with Crippen LogP contribution < -0.4 is 11.3 Å². The predicted molar refractivity (Wildman–Crippen MR) is 97.9 cm³/mol. The normalized spacial score (nSPS) is 17.5. The largest absolute Gasteiger partial charge is 0.488 e. The van der Waals surface area contributed by atoms with Crippen molar-refractivity contribution in [2.45, 2.75) is 19.3 Å². The summed E-state index contributed by atoms with van der Waals surface area (Å²) in [5.74, 6) is -0.169. The Morgan fingerprint density at radius 3 is 2.47 bits per heavy atom. The molecule has 30 heavy (non-hydrogen) atoms. The van der Waals surface area contributed by atoms with Crippen molar-refractivity contribution < 1.29 is 51.7 Å². The number of nitrogens with two attached hydrogens (primary N) is 1. The van der Waals surface area contributed by atoms with E-state index in [0.717, 1.165) is 0 Å². The average Bonchev–Trinajstić information content (AvgIpc) is 2.94. The third-order valence-corrected chi connectivity index (χ3v) is 7.67. The van der Waals surface area contributed by atoms with Crippen molar-refractivity contribution >= 4 is 40.4 Å². The molecule has 3 atom stereocenters. The topological polar surface area (TPSA) is 270 Å². The van der Waals surface area contributed by atoms with Crippen molar-refractivity contribution in [3.8, 4) is 0 Å². The van der Waals surface area contributed by atoms with E-state index in [4.69, 9.17) is 25.2 Å². The number of aromatic nitrogens is 4. The first-order valence-electron chi connectivity index (χ1n) is 7.77. The number of fused-ring (bicyclic) bond motifs is 1. The number of anilines is 1. The summed E-state index contributed by atoms with van der Waals surface area (Å²) in [5.41, 5.74) is 4.93. The lowest BCUT2D eigenvalue weighted by molar-refractivity contribution is -0.0239. The van der Waals surface area contributed by atoms with Gasteiger partial charge in [0.25, 0.3) is 5.56 Å². The van der Waals surface area contributed by atoms with E-state index in [2.05, 4.69) is 23.6 Å². The van der Waals surface area contributed by atoms with E-state index in [9.17, 15) is 28.5 Å². The second-order valence-corrected chi connectivity index (χ2v) is 10.7. The lowest BCUT2D eigenvalue weighted by Crippen LogP contribution is -2.21. The molecule has 8 N–H and O–H groups in total. The highest BCUT2D eigenvalue weighted by Crippen LogP contribution is 2.66. The van der Waals surface area contributed by atoms with Crippen LogP contribution in [0.1, 0.15) is 6.42 Å². The molecule has 0 radical (unpaired) electrons. The molecule has 0 fully saturated rings. The molecule has 0 aliphatic carbocycles. The minimum absolute atomic E-state index is 0.0228. The molecule has 2 heterocycles. The molecule has 2 rings (SSSR count). The van der Waals surface area contributed by atoms with Crippen LogP contribution in [0.3, 0.4) is 0 Å². The Labute approximate surface area is 166 Å². The van der Waals surface area contributed by atoms with Crippen molar-refractivity contribution in [2.24, 2.45) is 0 Å². The highest BCUT2D eigenvalue weighted by Gasteiger charge is 2.39. The van der Waals surface area contributed by atoms with Gasteiger partial charge in [0.15, 0.2) is 11.2 Å². The first-order chi connectivity index (χ1) is 13.7. The summed E-state index contributed by atoms with van der Waals surface area (Å²) in [6.45, 7) is -0.938. The van der Waals surface area contributed by atoms with Crippen LogP contribution >= 0.6 is 23.2 Å². The fraction of sp³-hybridized carbons (Fsp3) is 0.500. The molecule has 2 aromatic heterocycles. The van der Waals surface area contributed by atoms with Crippen molar-refractivity contribution in [3.05, 3.63) is 16.7 Å². The number of rotatable bonds is 11. The molecule has 0 bridgehead atoms. The zero-order valence-electron chi connectivity index (χ0n) is 14.8. The summed E-state index contributed by atoms with van der Waals surface area (Å²) in [6, 6.07) is 0. The van der Waals surface area contributed by atoms with E-state index in [1.54, 1.807) is 0 Å². The molecular formula is C10H18N5O12P3. The van der Waals surface area contributed by atoms with E-state index in [0.29, 0.717) is 0 Å². The number of phosphoric acid groups is 2. The second-order valence-electron chi connectivity index (χ2n) is 5.71. The van der Waals surface area contributed by atoms with Crippen molar-refractivity contribution in [1.82, 2.24) is 19.5 Å². The fourth-order valence-electron chi connectivity index (χ4n) is 2.14. The van der Waals surface area contributed by atoms with Crippen LogP contribution in [0.4, 0.5) is 5.95 Å². The number of imidazole rings is 1. The van der Waals surface area contributed by atoms with E-state index in [1.807, 2.05) is 0 Å². The number of nitrogen functional groups attached to an aromatic ring is 1. The molecule has 0 spiro atoms. The van der Waals surface area contributed by atoms with E-state index in [1.165, 1.54) is 10.9 Å². The summed E-state index contributed by atoms with van der Waals surface area (Å²) < 4.78 is 47.8. The Kier molecular flexibility index (Phi) is 7.72. The summed E-state index contributed by atoms with van der Waals surface area (Å²) in [4.78, 5) is 57.4. The molecule has 0 aromatic carbocycles. The van der Waals surface area contributed by atoms with Crippen molar-refractivity contribution in [1.29, 1.82) is 0 Å². The molecular weight excluding hydrogens is 475 g/mol. The van der Waals surface area contributed by atoms with Gasteiger partial charge in [0, 0.05) is 0 Å². The number of hydrogen-bond donors (Lipinski definition) is 7. The van der Waals surface area contributed by atoms with Gasteiger partial charge in [-0.1, -0.05) is 0 Å². The third-order valence-electron chi connectivity index (χ3n) is 3.32. The SMILES string of the molecule is Nc1nc2c(ncn2CO[C@H](CO)CCP(=O)(O)OP(=O)(O)OP(=O)(O)O)c(=O)[nH]1. The smallest absolute Gasteiger partial charge is 0.394 e. The first kappa shape index (κ1) is 24.8. The highest BCUT2D eigenvalue weighted by atomic mass is 31.3. The van der Waals surface area contributed by atoms with Crippen LogP contribution in [0, 0.1) is 0 Å². The average molecular weight is 493 g/mol. The molecule has 2 unspecified atom stereocenters. The summed E-state index contributed by atoms with van der Waals surface area (Å²) in [7, 11) is -15.9. The van der Waals surface area contributed by atoms with Crippen LogP contribution in [-0.4, -0.2) is 63.1 Å². The Bertz CT molecular complexity index is 1090. The van der Waals surface area contributed by atoms with Crippen LogP contribution in [0.5, 0.6) is 0 Å². The number of nitrogens with zero attached hydrogens (tertiary/aromatic N) is 3. The fourth-order valence-corrected chi connectivity index (χ4v) is 5.83. The Morgan fingerprint density at radius 2 is 1.87 bits per heavy atom. The number of aromatic amines is 1. The number of aliphatic hydroxyl groups excluding tert-OH is 1. The number of aliphatic hydroxyl groups is 1. The molecule has 17 nitrogen and oxygen atoms in total. The maximum absolute atomic E-state index is 11.9. The Morgan fingerprint density at radius 1 is 1.20 bits per heavy atom. The quantitative estimate of drug-likeness (QED) is 0.182. The Balaban J connectivity index is 1.98. The van der Waals surface area contributed by atoms with E-state index < -0.39 is 47.7 Å². The van der Waals surface area contributed by atoms with Gasteiger partial charge in [0.2, 0.25) is 5.95 Å². The van der Waals surface area contributed by atoms with Gasteiger partial charge in [-0.25, -0.2) is 18.4 Å². The number of hydrogen-bond acceptors (Lipinski definition) is 11. The number of H-pyrrole nitrogens is 1. The summed E-state index contributed by atoms with van der Waals surface area (Å²) in [6.07, 6.45) is -1.07. The second kappa shape index (κ2) is 9.34. The van der Waals surface area contributed by atoms with Crippen molar-refractivity contribution in [3.63, 3.8) is 0 Å². The van der Waals surface area contributed by atoms with Crippen LogP contribution in [-0.2, 0) is 33.8 Å². The van der Waals surface area contributed by atoms with Gasteiger partial charge in [-0.3, -0.25) is 18.9 Å². The predicted octanol–water partition coefficient (Wildman–Crippen LogP) is -1.16. The molecule has 0 aliphatic rings. The maximum atomic E-state index is 11.9.